The summed E-state index contributed by atoms with van der Waals surface area (Å²) < 4.78 is 5.95. The lowest BCUT2D eigenvalue weighted by Crippen LogP contribution is -2.17. The highest BCUT2D eigenvalue weighted by molar-refractivity contribution is 5.29. The Labute approximate surface area is 129 Å². The van der Waals surface area contributed by atoms with E-state index in [-0.39, 0.29) is 0 Å². The van der Waals surface area contributed by atoms with Gasteiger partial charge in [0.05, 0.1) is 12.3 Å². The minimum absolute atomic E-state index is 0.707. The number of pyridine rings is 1. The van der Waals surface area contributed by atoms with Gasteiger partial charge in [-0.15, -0.1) is 0 Å². The van der Waals surface area contributed by atoms with Gasteiger partial charge in [0.15, 0.2) is 0 Å². The summed E-state index contributed by atoms with van der Waals surface area (Å²) in [5, 5.41) is 3.52. The zero-order valence-corrected chi connectivity index (χ0v) is 13.7. The first-order valence-electron chi connectivity index (χ1n) is 8.62. The third-order valence-corrected chi connectivity index (χ3v) is 3.96. The van der Waals surface area contributed by atoms with Gasteiger partial charge in [0.2, 0.25) is 0 Å². The summed E-state index contributed by atoms with van der Waals surface area (Å²) in [5.41, 5.74) is 2.13. The molecule has 3 heteroatoms. The summed E-state index contributed by atoms with van der Waals surface area (Å²) in [4.78, 5) is 4.62. The molecule has 0 atom stereocenters. The number of hydrogen-bond acceptors (Lipinski definition) is 3. The molecule has 3 nitrogen and oxygen atoms in total. The molecule has 0 radical (unpaired) electrons. The molecule has 1 fully saturated rings. The molecule has 1 aliphatic rings. The van der Waals surface area contributed by atoms with Crippen LogP contribution in [0.1, 0.15) is 69.7 Å². The molecule has 0 bridgehead atoms. The fourth-order valence-electron chi connectivity index (χ4n) is 2.45. The number of nitrogens with one attached hydrogen (secondary N) is 1. The maximum Gasteiger partial charge on any atom is 0.142 e. The standard InChI is InChI=1S/C18H30N2O/c1-3-4-5-6-7-8-13-21-18-12-9-15(2)20-17(18)14-19-16-10-11-16/h9,12,16,19H,3-8,10-11,13-14H2,1-2H3. The topological polar surface area (TPSA) is 34.1 Å². The van der Waals surface area contributed by atoms with E-state index in [2.05, 4.69) is 23.3 Å². The van der Waals surface area contributed by atoms with Gasteiger partial charge in [-0.3, -0.25) is 4.98 Å². The van der Waals surface area contributed by atoms with E-state index >= 15 is 0 Å². The fourth-order valence-corrected chi connectivity index (χ4v) is 2.45. The van der Waals surface area contributed by atoms with E-state index in [1.165, 1.54) is 44.9 Å². The Morgan fingerprint density at radius 3 is 2.67 bits per heavy atom. The molecule has 0 aliphatic heterocycles. The van der Waals surface area contributed by atoms with Crippen LogP contribution in [-0.2, 0) is 6.54 Å². The molecule has 118 valence electrons. The smallest absolute Gasteiger partial charge is 0.142 e. The summed E-state index contributed by atoms with van der Waals surface area (Å²) >= 11 is 0. The summed E-state index contributed by atoms with van der Waals surface area (Å²) in [7, 11) is 0. The van der Waals surface area contributed by atoms with Crippen molar-refractivity contribution in [1.29, 1.82) is 0 Å². The van der Waals surface area contributed by atoms with Crippen LogP contribution in [0.25, 0.3) is 0 Å². The molecule has 0 unspecified atom stereocenters. The number of aryl methyl sites for hydroxylation is 1. The third kappa shape index (κ3) is 6.47. The van der Waals surface area contributed by atoms with Crippen LogP contribution >= 0.6 is 0 Å². The first-order valence-corrected chi connectivity index (χ1v) is 8.62. The molecule has 1 aliphatic carbocycles. The van der Waals surface area contributed by atoms with Crippen LogP contribution < -0.4 is 10.1 Å². The molecule has 0 aromatic carbocycles. The van der Waals surface area contributed by atoms with Crippen molar-refractivity contribution >= 4 is 0 Å². The van der Waals surface area contributed by atoms with Crippen molar-refractivity contribution in [2.24, 2.45) is 0 Å². The van der Waals surface area contributed by atoms with Gasteiger partial charge < -0.3 is 10.1 Å². The molecule has 0 spiro atoms. The maximum absolute atomic E-state index is 5.95. The van der Waals surface area contributed by atoms with Crippen LogP contribution in [0.3, 0.4) is 0 Å². The van der Waals surface area contributed by atoms with E-state index in [4.69, 9.17) is 4.74 Å². The molecular weight excluding hydrogens is 260 g/mol. The normalized spacial score (nSPS) is 14.4. The van der Waals surface area contributed by atoms with E-state index in [9.17, 15) is 0 Å². The van der Waals surface area contributed by atoms with Gasteiger partial charge >= 0.3 is 0 Å². The second kappa shape index (κ2) is 9.04. The van der Waals surface area contributed by atoms with Crippen molar-refractivity contribution in [2.75, 3.05) is 6.61 Å². The Morgan fingerprint density at radius 2 is 1.90 bits per heavy atom. The maximum atomic E-state index is 5.95. The number of aromatic nitrogens is 1. The Kier molecular flexibility index (Phi) is 7.01. The molecule has 1 N–H and O–H groups in total. The molecule has 21 heavy (non-hydrogen) atoms. The average Bonchev–Trinajstić information content (AvgIpc) is 3.30. The molecule has 1 aromatic heterocycles. The van der Waals surface area contributed by atoms with Gasteiger partial charge in [-0.05, 0) is 38.3 Å². The number of hydrogen-bond donors (Lipinski definition) is 1. The molecule has 0 saturated heterocycles. The zero-order valence-electron chi connectivity index (χ0n) is 13.7. The van der Waals surface area contributed by atoms with Crippen LogP contribution in [-0.4, -0.2) is 17.6 Å². The Morgan fingerprint density at radius 1 is 1.14 bits per heavy atom. The molecule has 1 aromatic rings. The van der Waals surface area contributed by atoms with Crippen molar-refractivity contribution in [3.63, 3.8) is 0 Å². The van der Waals surface area contributed by atoms with Crippen molar-refractivity contribution in [3.05, 3.63) is 23.5 Å². The SMILES string of the molecule is CCCCCCCCOc1ccc(C)nc1CNC1CC1. The number of nitrogens with zero attached hydrogens (tertiary/aromatic N) is 1. The molecule has 1 heterocycles. The molecule has 1 saturated carbocycles. The lowest BCUT2D eigenvalue weighted by molar-refractivity contribution is 0.299. The molecular formula is C18H30N2O. The lowest BCUT2D eigenvalue weighted by atomic mass is 10.1. The summed E-state index contributed by atoms with van der Waals surface area (Å²) in [6.45, 7) is 5.94. The quantitative estimate of drug-likeness (QED) is 0.614. The summed E-state index contributed by atoms with van der Waals surface area (Å²) in [6, 6.07) is 4.82. The minimum atomic E-state index is 0.707. The second-order valence-corrected chi connectivity index (χ2v) is 6.17. The summed E-state index contributed by atoms with van der Waals surface area (Å²) in [5.74, 6) is 0.960. The van der Waals surface area contributed by atoms with Crippen LogP contribution in [0.15, 0.2) is 12.1 Å². The highest BCUT2D eigenvalue weighted by atomic mass is 16.5. The van der Waals surface area contributed by atoms with Crippen LogP contribution in [0.4, 0.5) is 0 Å². The van der Waals surface area contributed by atoms with Gasteiger partial charge in [-0.2, -0.15) is 0 Å². The molecule has 0 amide bonds. The van der Waals surface area contributed by atoms with Crippen molar-refractivity contribution in [3.8, 4) is 5.75 Å². The number of rotatable bonds is 11. The predicted molar refractivity (Wildman–Crippen MR) is 87.7 cm³/mol. The largest absolute Gasteiger partial charge is 0.492 e. The van der Waals surface area contributed by atoms with Gasteiger partial charge in [-0.1, -0.05) is 39.0 Å². The van der Waals surface area contributed by atoms with E-state index in [0.29, 0.717) is 6.04 Å². The van der Waals surface area contributed by atoms with Crippen molar-refractivity contribution in [1.82, 2.24) is 10.3 Å². The Bertz CT molecular complexity index is 416. The fraction of sp³-hybridized carbons (Fsp3) is 0.722. The predicted octanol–water partition coefficient (Wildman–Crippen LogP) is 4.38. The number of unbranched alkanes of at least 4 members (excludes halogenated alkanes) is 5. The minimum Gasteiger partial charge on any atom is -0.492 e. The highest BCUT2D eigenvalue weighted by Crippen LogP contribution is 2.22. The van der Waals surface area contributed by atoms with Crippen molar-refractivity contribution in [2.45, 2.75) is 77.8 Å². The monoisotopic (exact) mass is 290 g/mol. The van der Waals surface area contributed by atoms with E-state index in [1.807, 2.05) is 13.0 Å². The Balaban J connectivity index is 1.70. The first kappa shape index (κ1) is 16.3. The highest BCUT2D eigenvalue weighted by Gasteiger charge is 2.21. The van der Waals surface area contributed by atoms with Crippen LogP contribution in [0, 0.1) is 6.92 Å². The summed E-state index contributed by atoms with van der Waals surface area (Å²) in [6.07, 6.45) is 10.4. The van der Waals surface area contributed by atoms with Crippen molar-refractivity contribution < 1.29 is 4.74 Å². The molecule has 2 rings (SSSR count). The second-order valence-electron chi connectivity index (χ2n) is 6.17. The van der Waals surface area contributed by atoms with Crippen LogP contribution in [0.2, 0.25) is 0 Å². The number of ether oxygens (including phenoxy) is 1. The van der Waals surface area contributed by atoms with E-state index < -0.39 is 0 Å². The first-order chi connectivity index (χ1) is 10.3. The lowest BCUT2D eigenvalue weighted by Gasteiger charge is -2.12. The average molecular weight is 290 g/mol. The van der Waals surface area contributed by atoms with Gasteiger partial charge in [0.25, 0.3) is 0 Å². The van der Waals surface area contributed by atoms with E-state index in [1.54, 1.807) is 0 Å². The van der Waals surface area contributed by atoms with Gasteiger partial charge in [0.1, 0.15) is 5.75 Å². The van der Waals surface area contributed by atoms with Gasteiger partial charge in [0, 0.05) is 18.3 Å². The van der Waals surface area contributed by atoms with Crippen LogP contribution in [0.5, 0.6) is 5.75 Å². The van der Waals surface area contributed by atoms with Gasteiger partial charge in [-0.25, -0.2) is 0 Å². The Hall–Kier alpha value is -1.09. The van der Waals surface area contributed by atoms with E-state index in [0.717, 1.165) is 36.7 Å². The third-order valence-electron chi connectivity index (χ3n) is 3.96. The zero-order chi connectivity index (χ0) is 14.9.